The molecule has 3 aromatic rings. The third-order valence-corrected chi connectivity index (χ3v) is 5.22. The number of nitrogens with zero attached hydrogens (tertiary/aromatic N) is 3. The summed E-state index contributed by atoms with van der Waals surface area (Å²) in [7, 11) is 0. The zero-order valence-electron chi connectivity index (χ0n) is 16.3. The molecule has 1 amide bonds. The van der Waals surface area contributed by atoms with Crippen molar-refractivity contribution in [2.24, 2.45) is 0 Å². The Hall–Kier alpha value is -2.79. The number of carbonyl (C=O) groups excluding carboxylic acids is 1. The molecule has 2 aromatic heterocycles. The molecule has 3 rings (SSSR count). The quantitative estimate of drug-likeness (QED) is 0.300. The molecular weight excluding hydrogens is 426 g/mol. The fraction of sp³-hybridized carbons (Fsp3) is 0.263. The number of thiazole rings is 1. The first-order chi connectivity index (χ1) is 14.6. The molecule has 0 atom stereocenters. The van der Waals surface area contributed by atoms with E-state index >= 15 is 0 Å². The van der Waals surface area contributed by atoms with Gasteiger partial charge in [0.05, 0.1) is 23.5 Å². The van der Waals surface area contributed by atoms with Crippen LogP contribution in [0.4, 0.5) is 22.5 Å². The van der Waals surface area contributed by atoms with Gasteiger partial charge in [0.25, 0.3) is 5.91 Å². The lowest BCUT2D eigenvalue weighted by molar-refractivity contribution is 0.103. The van der Waals surface area contributed by atoms with Crippen LogP contribution in [0.15, 0.2) is 36.8 Å². The normalized spacial score (nSPS) is 10.6. The van der Waals surface area contributed by atoms with Gasteiger partial charge in [0.15, 0.2) is 16.8 Å². The minimum atomic E-state index is -0.288. The topological polar surface area (TPSA) is 124 Å². The maximum atomic E-state index is 12.6. The number of benzene rings is 1. The minimum Gasteiger partial charge on any atom is -0.395 e. The van der Waals surface area contributed by atoms with Gasteiger partial charge in [0.2, 0.25) is 0 Å². The molecule has 158 valence electrons. The fourth-order valence-electron chi connectivity index (χ4n) is 2.54. The van der Waals surface area contributed by atoms with Crippen LogP contribution in [-0.2, 0) is 0 Å². The van der Waals surface area contributed by atoms with Crippen molar-refractivity contribution in [1.29, 1.82) is 0 Å². The van der Waals surface area contributed by atoms with E-state index in [1.165, 1.54) is 17.5 Å². The van der Waals surface area contributed by atoms with E-state index in [2.05, 4.69) is 36.2 Å². The summed E-state index contributed by atoms with van der Waals surface area (Å²) in [6, 6.07) is 5.44. The monoisotopic (exact) mass is 447 g/mol. The van der Waals surface area contributed by atoms with Crippen molar-refractivity contribution in [3.8, 4) is 0 Å². The number of carbonyl (C=O) groups is 1. The third kappa shape index (κ3) is 5.86. The maximum absolute atomic E-state index is 12.6. The highest BCUT2D eigenvalue weighted by Gasteiger charge is 2.15. The van der Waals surface area contributed by atoms with Crippen LogP contribution in [0.3, 0.4) is 0 Å². The summed E-state index contributed by atoms with van der Waals surface area (Å²) in [5, 5.41) is 21.9. The summed E-state index contributed by atoms with van der Waals surface area (Å²) in [5.74, 6) is 0.781. The number of amides is 1. The molecule has 11 heteroatoms. The molecule has 0 saturated carbocycles. The van der Waals surface area contributed by atoms with E-state index in [-0.39, 0.29) is 12.5 Å². The fourth-order valence-corrected chi connectivity index (χ4v) is 3.52. The number of aliphatic hydroxyl groups excluding tert-OH is 1. The summed E-state index contributed by atoms with van der Waals surface area (Å²) >= 11 is 7.38. The Morgan fingerprint density at radius 1 is 1.13 bits per heavy atom. The van der Waals surface area contributed by atoms with Crippen LogP contribution in [0.25, 0.3) is 0 Å². The summed E-state index contributed by atoms with van der Waals surface area (Å²) < 4.78 is 0. The van der Waals surface area contributed by atoms with Crippen LogP contribution in [0, 0.1) is 6.92 Å². The van der Waals surface area contributed by atoms with Crippen molar-refractivity contribution in [1.82, 2.24) is 20.3 Å². The SMILES string of the molecule is Cc1cccc(Cl)c1NC(=O)c1cnc(Nc2nccnc2NCCNCCO)s1. The average molecular weight is 448 g/mol. The zero-order valence-corrected chi connectivity index (χ0v) is 17.8. The Kier molecular flexibility index (Phi) is 7.91. The average Bonchev–Trinajstić information content (AvgIpc) is 3.20. The molecule has 0 fully saturated rings. The van der Waals surface area contributed by atoms with E-state index < -0.39 is 0 Å². The molecule has 0 spiro atoms. The first-order valence-electron chi connectivity index (χ1n) is 9.24. The lowest BCUT2D eigenvalue weighted by Crippen LogP contribution is -2.25. The number of aromatic nitrogens is 3. The van der Waals surface area contributed by atoms with E-state index in [0.29, 0.717) is 52.0 Å². The predicted molar refractivity (Wildman–Crippen MR) is 120 cm³/mol. The zero-order chi connectivity index (χ0) is 21.3. The molecule has 0 aliphatic heterocycles. The van der Waals surface area contributed by atoms with Crippen LogP contribution in [0.5, 0.6) is 0 Å². The van der Waals surface area contributed by atoms with Crippen LogP contribution in [0.2, 0.25) is 5.02 Å². The summed E-state index contributed by atoms with van der Waals surface area (Å²) in [4.78, 5) is 25.8. The van der Waals surface area contributed by atoms with Crippen molar-refractivity contribution in [2.75, 3.05) is 42.2 Å². The van der Waals surface area contributed by atoms with Gasteiger partial charge < -0.3 is 26.4 Å². The lowest BCUT2D eigenvalue weighted by atomic mass is 10.2. The molecule has 0 saturated heterocycles. The predicted octanol–water partition coefficient (Wildman–Crippen LogP) is 2.88. The number of anilines is 4. The number of nitrogens with one attached hydrogen (secondary N) is 4. The van der Waals surface area contributed by atoms with Crippen molar-refractivity contribution in [3.05, 3.63) is 52.3 Å². The van der Waals surface area contributed by atoms with E-state index in [1.807, 2.05) is 19.1 Å². The number of hydrogen-bond acceptors (Lipinski definition) is 9. The second kappa shape index (κ2) is 10.8. The van der Waals surface area contributed by atoms with E-state index in [4.69, 9.17) is 16.7 Å². The van der Waals surface area contributed by atoms with Crippen molar-refractivity contribution in [2.45, 2.75) is 6.92 Å². The highest BCUT2D eigenvalue weighted by Crippen LogP contribution is 2.28. The van der Waals surface area contributed by atoms with Gasteiger partial charge in [0.1, 0.15) is 4.88 Å². The van der Waals surface area contributed by atoms with Crippen molar-refractivity contribution in [3.63, 3.8) is 0 Å². The molecular formula is C19H22ClN7O2S. The molecule has 0 radical (unpaired) electrons. The maximum Gasteiger partial charge on any atom is 0.267 e. The number of aryl methyl sites for hydroxylation is 1. The van der Waals surface area contributed by atoms with Gasteiger partial charge in [-0.25, -0.2) is 15.0 Å². The van der Waals surface area contributed by atoms with Crippen LogP contribution < -0.4 is 21.3 Å². The Bertz CT molecular complexity index is 978. The van der Waals surface area contributed by atoms with Gasteiger partial charge in [-0.15, -0.1) is 0 Å². The van der Waals surface area contributed by atoms with E-state index in [0.717, 1.165) is 5.56 Å². The van der Waals surface area contributed by atoms with Crippen molar-refractivity contribution >= 4 is 51.3 Å². The van der Waals surface area contributed by atoms with Gasteiger partial charge in [-0.2, -0.15) is 0 Å². The molecule has 30 heavy (non-hydrogen) atoms. The number of para-hydroxylation sites is 1. The first kappa shape index (κ1) is 21.9. The minimum absolute atomic E-state index is 0.0912. The molecule has 1 aromatic carbocycles. The highest BCUT2D eigenvalue weighted by atomic mass is 35.5. The molecule has 9 nitrogen and oxygen atoms in total. The Labute approximate surface area is 182 Å². The van der Waals surface area contributed by atoms with Gasteiger partial charge in [-0.3, -0.25) is 4.79 Å². The highest BCUT2D eigenvalue weighted by molar-refractivity contribution is 7.17. The third-order valence-electron chi connectivity index (χ3n) is 4.00. The number of halogens is 1. The Balaban J connectivity index is 1.64. The van der Waals surface area contributed by atoms with Gasteiger partial charge in [-0.05, 0) is 18.6 Å². The van der Waals surface area contributed by atoms with Gasteiger partial charge in [0, 0.05) is 32.0 Å². The molecule has 0 aliphatic rings. The summed E-state index contributed by atoms with van der Waals surface area (Å²) in [6.07, 6.45) is 4.65. The van der Waals surface area contributed by atoms with Crippen LogP contribution >= 0.6 is 22.9 Å². The number of aliphatic hydroxyl groups is 1. The smallest absolute Gasteiger partial charge is 0.267 e. The van der Waals surface area contributed by atoms with E-state index in [9.17, 15) is 4.79 Å². The molecule has 0 bridgehead atoms. The van der Waals surface area contributed by atoms with E-state index in [1.54, 1.807) is 18.5 Å². The lowest BCUT2D eigenvalue weighted by Gasteiger charge is -2.10. The van der Waals surface area contributed by atoms with Crippen LogP contribution in [-0.4, -0.2) is 52.2 Å². The Morgan fingerprint density at radius 2 is 1.93 bits per heavy atom. The largest absolute Gasteiger partial charge is 0.395 e. The van der Waals surface area contributed by atoms with Gasteiger partial charge in [-0.1, -0.05) is 35.1 Å². The Morgan fingerprint density at radius 3 is 2.70 bits per heavy atom. The van der Waals surface area contributed by atoms with Crippen molar-refractivity contribution < 1.29 is 9.90 Å². The molecule has 0 aliphatic carbocycles. The first-order valence-corrected chi connectivity index (χ1v) is 10.4. The summed E-state index contributed by atoms with van der Waals surface area (Å²) in [5.41, 5.74) is 1.46. The summed E-state index contributed by atoms with van der Waals surface area (Å²) in [6.45, 7) is 3.78. The number of rotatable bonds is 10. The second-order valence-corrected chi connectivity index (χ2v) is 7.63. The molecule has 0 unspecified atom stereocenters. The molecule has 5 N–H and O–H groups in total. The second-order valence-electron chi connectivity index (χ2n) is 6.19. The van der Waals surface area contributed by atoms with Gasteiger partial charge >= 0.3 is 0 Å². The molecule has 2 heterocycles. The van der Waals surface area contributed by atoms with Crippen LogP contribution in [0.1, 0.15) is 15.2 Å². The standard InChI is InChI=1S/C19H22ClN7O2S/c1-12-3-2-4-13(20)15(12)26-18(29)14-11-25-19(30-14)27-17-16(23-7-8-24-17)22-6-5-21-9-10-28/h2-4,7-8,11,21,28H,5-6,9-10H2,1H3,(H,22,23)(H,26,29)(H,24,25,27). The number of hydrogen-bond donors (Lipinski definition) is 5.